The zero-order chi connectivity index (χ0) is 26.0. The van der Waals surface area contributed by atoms with Crippen LogP contribution in [0, 0.1) is 6.92 Å². The minimum Gasteiger partial charge on any atom is -0.489 e. The van der Waals surface area contributed by atoms with Crippen LogP contribution in [0.1, 0.15) is 32.3 Å². The van der Waals surface area contributed by atoms with E-state index in [1.165, 1.54) is 15.6 Å². The fourth-order valence-corrected chi connectivity index (χ4v) is 7.91. The van der Waals surface area contributed by atoms with E-state index in [0.717, 1.165) is 21.0 Å². The third-order valence-electron chi connectivity index (χ3n) is 6.12. The number of rotatable bonds is 11. The van der Waals surface area contributed by atoms with Crippen molar-refractivity contribution in [2.75, 3.05) is 13.1 Å². The van der Waals surface area contributed by atoms with Crippen LogP contribution in [-0.2, 0) is 21.4 Å². The topological polar surface area (TPSA) is 88.8 Å². The second kappa shape index (κ2) is 10.8. The highest BCUT2D eigenvalue weighted by Crippen LogP contribution is 2.37. The van der Waals surface area contributed by atoms with Gasteiger partial charge in [0.2, 0.25) is 0 Å². The quantitative estimate of drug-likeness (QED) is 0.242. The number of nitrogens with zero attached hydrogens (tertiary/aromatic N) is 2. The number of carboxylic acid groups (broad SMARTS) is 1. The standard InChI is InChI=1S/C26H29ClN2O5S2/c1-4-11-29(36(32,33)26-17(3)22-14-19(27)6-9-24(22)35-26)15-20(5-2)34-21-7-8-23-18(13-21)10-12-28(23)16-25(30)31/h6-10,12-14,20H,4-5,11,15-16H2,1-3H3,(H,30,31). The van der Waals surface area contributed by atoms with E-state index in [4.69, 9.17) is 21.4 Å². The number of aliphatic carboxylic acids is 1. The van der Waals surface area contributed by atoms with E-state index >= 15 is 0 Å². The van der Waals surface area contributed by atoms with Gasteiger partial charge >= 0.3 is 5.97 Å². The van der Waals surface area contributed by atoms with Crippen LogP contribution in [0.2, 0.25) is 5.02 Å². The number of hydrogen-bond acceptors (Lipinski definition) is 5. The Bertz CT molecular complexity index is 1510. The predicted octanol–water partition coefficient (Wildman–Crippen LogP) is 6.16. The molecule has 1 atom stereocenters. The van der Waals surface area contributed by atoms with Crippen molar-refractivity contribution in [1.82, 2.24) is 8.87 Å². The molecule has 1 unspecified atom stereocenters. The average molecular weight is 549 g/mol. The lowest BCUT2D eigenvalue weighted by Crippen LogP contribution is -2.40. The van der Waals surface area contributed by atoms with Gasteiger partial charge in [-0.1, -0.05) is 25.4 Å². The molecule has 0 aliphatic heterocycles. The molecule has 36 heavy (non-hydrogen) atoms. The van der Waals surface area contributed by atoms with Gasteiger partial charge in [0, 0.05) is 33.4 Å². The summed E-state index contributed by atoms with van der Waals surface area (Å²) in [6, 6.07) is 12.8. The molecule has 0 bridgehead atoms. The van der Waals surface area contributed by atoms with Crippen molar-refractivity contribution in [3.05, 3.63) is 59.2 Å². The van der Waals surface area contributed by atoms with Gasteiger partial charge in [0.15, 0.2) is 0 Å². The van der Waals surface area contributed by atoms with E-state index in [0.29, 0.717) is 39.9 Å². The number of halogens is 1. The van der Waals surface area contributed by atoms with Crippen molar-refractivity contribution in [3.8, 4) is 5.75 Å². The van der Waals surface area contributed by atoms with Crippen LogP contribution >= 0.6 is 22.9 Å². The van der Waals surface area contributed by atoms with Crippen LogP contribution in [0.3, 0.4) is 0 Å². The average Bonchev–Trinajstić information content (AvgIpc) is 3.38. The summed E-state index contributed by atoms with van der Waals surface area (Å²) >= 11 is 7.42. The number of carboxylic acids is 1. The van der Waals surface area contributed by atoms with Crippen molar-refractivity contribution in [3.63, 3.8) is 0 Å². The van der Waals surface area contributed by atoms with Crippen molar-refractivity contribution in [2.45, 2.75) is 50.5 Å². The van der Waals surface area contributed by atoms with Crippen molar-refractivity contribution in [1.29, 1.82) is 0 Å². The Labute approximate surface area is 219 Å². The molecule has 0 saturated heterocycles. The summed E-state index contributed by atoms with van der Waals surface area (Å²) in [6.45, 7) is 6.24. The first-order valence-corrected chi connectivity index (χ1v) is 14.4. The third kappa shape index (κ3) is 5.39. The summed E-state index contributed by atoms with van der Waals surface area (Å²) < 4.78 is 38.2. The van der Waals surface area contributed by atoms with Gasteiger partial charge in [0.25, 0.3) is 10.0 Å². The number of fused-ring (bicyclic) bond motifs is 2. The minimum absolute atomic E-state index is 0.117. The van der Waals surface area contributed by atoms with Crippen LogP contribution in [0.15, 0.2) is 52.9 Å². The maximum atomic E-state index is 13.8. The molecule has 1 N–H and O–H groups in total. The summed E-state index contributed by atoms with van der Waals surface area (Å²) in [5, 5.41) is 11.4. The maximum Gasteiger partial charge on any atom is 0.323 e. The molecule has 0 radical (unpaired) electrons. The molecule has 10 heteroatoms. The van der Waals surface area contributed by atoms with Gasteiger partial charge in [0.1, 0.15) is 22.6 Å². The van der Waals surface area contributed by atoms with Gasteiger partial charge < -0.3 is 14.4 Å². The molecule has 192 valence electrons. The van der Waals surface area contributed by atoms with E-state index in [1.807, 2.05) is 51.1 Å². The van der Waals surface area contributed by atoms with E-state index < -0.39 is 16.0 Å². The Hall–Kier alpha value is -2.59. The number of aromatic nitrogens is 1. The van der Waals surface area contributed by atoms with Crippen LogP contribution < -0.4 is 4.74 Å². The Kier molecular flexibility index (Phi) is 7.94. The molecule has 4 rings (SSSR count). The Morgan fingerprint density at radius 3 is 2.67 bits per heavy atom. The van der Waals surface area contributed by atoms with Gasteiger partial charge in [-0.05, 0) is 73.2 Å². The molecule has 0 spiro atoms. The highest BCUT2D eigenvalue weighted by molar-refractivity contribution is 7.91. The Balaban J connectivity index is 1.58. The van der Waals surface area contributed by atoms with E-state index in [2.05, 4.69) is 0 Å². The lowest BCUT2D eigenvalue weighted by atomic mass is 10.2. The third-order valence-corrected chi connectivity index (χ3v) is 10.1. The van der Waals surface area contributed by atoms with Gasteiger partial charge in [-0.3, -0.25) is 4.79 Å². The second-order valence-electron chi connectivity index (χ2n) is 8.72. The minimum atomic E-state index is -3.74. The molecule has 0 saturated carbocycles. The fourth-order valence-electron chi connectivity index (χ4n) is 4.30. The molecule has 2 heterocycles. The smallest absolute Gasteiger partial charge is 0.323 e. The molecule has 2 aromatic heterocycles. The molecule has 7 nitrogen and oxygen atoms in total. The van der Waals surface area contributed by atoms with Crippen molar-refractivity contribution in [2.24, 2.45) is 0 Å². The molecule has 0 fully saturated rings. The SMILES string of the molecule is CCCN(CC(CC)Oc1ccc2c(ccn2CC(=O)O)c1)S(=O)(=O)c1sc2ccc(Cl)cc2c1C. The summed E-state index contributed by atoms with van der Waals surface area (Å²) in [6.07, 6.45) is 2.67. The first-order valence-electron chi connectivity index (χ1n) is 11.8. The molecular formula is C26H29ClN2O5S2. The van der Waals surface area contributed by atoms with Crippen molar-refractivity contribution >= 4 is 59.9 Å². The normalized spacial score (nSPS) is 13.0. The monoisotopic (exact) mass is 548 g/mol. The molecular weight excluding hydrogens is 520 g/mol. The Morgan fingerprint density at radius 2 is 1.97 bits per heavy atom. The number of aryl methyl sites for hydroxylation is 1. The number of benzene rings is 2. The van der Waals surface area contributed by atoms with Crippen LogP contribution in [0.5, 0.6) is 5.75 Å². The van der Waals surface area contributed by atoms with Crippen LogP contribution in [-0.4, -0.2) is 47.6 Å². The molecule has 4 aromatic rings. The second-order valence-corrected chi connectivity index (χ2v) is 12.3. The highest BCUT2D eigenvalue weighted by Gasteiger charge is 2.30. The Morgan fingerprint density at radius 1 is 1.19 bits per heavy atom. The number of carbonyl (C=O) groups is 1. The van der Waals surface area contributed by atoms with Gasteiger partial charge in [0.05, 0.1) is 6.54 Å². The summed E-state index contributed by atoms with van der Waals surface area (Å²) in [5.41, 5.74) is 1.51. The van der Waals surface area contributed by atoms with Gasteiger partial charge in [-0.2, -0.15) is 4.31 Å². The van der Waals surface area contributed by atoms with Gasteiger partial charge in [-0.15, -0.1) is 11.3 Å². The van der Waals surface area contributed by atoms with Crippen LogP contribution in [0.25, 0.3) is 21.0 Å². The zero-order valence-electron chi connectivity index (χ0n) is 20.4. The number of ether oxygens (including phenoxy) is 1. The maximum absolute atomic E-state index is 13.8. The lowest BCUT2D eigenvalue weighted by molar-refractivity contribution is -0.137. The highest BCUT2D eigenvalue weighted by atomic mass is 35.5. The van der Waals surface area contributed by atoms with E-state index in [9.17, 15) is 13.2 Å². The summed E-state index contributed by atoms with van der Waals surface area (Å²) in [4.78, 5) is 11.1. The first-order chi connectivity index (χ1) is 17.1. The van der Waals surface area contributed by atoms with E-state index in [1.54, 1.807) is 22.9 Å². The van der Waals surface area contributed by atoms with Crippen molar-refractivity contribution < 1.29 is 23.1 Å². The number of hydrogen-bond donors (Lipinski definition) is 1. The van der Waals surface area contributed by atoms with E-state index in [-0.39, 0.29) is 19.2 Å². The molecule has 0 aliphatic carbocycles. The molecule has 0 aliphatic rings. The lowest BCUT2D eigenvalue weighted by Gasteiger charge is -2.26. The number of sulfonamides is 1. The number of thiophene rings is 1. The predicted molar refractivity (Wildman–Crippen MR) is 145 cm³/mol. The summed E-state index contributed by atoms with van der Waals surface area (Å²) in [5.74, 6) is -0.294. The first kappa shape index (κ1) is 26.5. The van der Waals surface area contributed by atoms with Gasteiger partial charge in [-0.25, -0.2) is 8.42 Å². The zero-order valence-corrected chi connectivity index (χ0v) is 22.8. The summed E-state index contributed by atoms with van der Waals surface area (Å²) in [7, 11) is -3.74. The molecule has 2 aromatic carbocycles. The largest absolute Gasteiger partial charge is 0.489 e. The van der Waals surface area contributed by atoms with Crippen LogP contribution in [0.4, 0.5) is 0 Å². The molecule has 0 amide bonds. The fraction of sp³-hybridized carbons (Fsp3) is 0.346.